The van der Waals surface area contributed by atoms with Gasteiger partial charge in [0.05, 0.1) is 6.10 Å². The van der Waals surface area contributed by atoms with Crippen LogP contribution in [0.5, 0.6) is 0 Å². The number of hydrogen-bond donors (Lipinski definition) is 1. The molecule has 3 rings (SSSR count). The topological polar surface area (TPSA) is 20.2 Å². The summed E-state index contributed by atoms with van der Waals surface area (Å²) in [6, 6.07) is 0. The molecule has 5 atom stereocenters. The molecule has 0 heterocycles. The fourth-order valence-corrected chi connectivity index (χ4v) is 4.29. The van der Waals surface area contributed by atoms with Crippen molar-refractivity contribution in [1.29, 1.82) is 0 Å². The lowest BCUT2D eigenvalue weighted by atomic mass is 9.70. The highest BCUT2D eigenvalue weighted by molar-refractivity contribution is 5.32. The van der Waals surface area contributed by atoms with Crippen molar-refractivity contribution in [3.8, 4) is 0 Å². The van der Waals surface area contributed by atoms with E-state index in [0.29, 0.717) is 0 Å². The minimum absolute atomic E-state index is 0.149. The fraction of sp³-hybridized carbons (Fsp3) is 0.833. The molecule has 0 aromatic heterocycles. The summed E-state index contributed by atoms with van der Waals surface area (Å²) in [7, 11) is 0. The van der Waals surface area contributed by atoms with Gasteiger partial charge < -0.3 is 5.11 Å². The summed E-state index contributed by atoms with van der Waals surface area (Å²) in [4.78, 5) is 0. The summed E-state index contributed by atoms with van der Waals surface area (Å²) in [6.45, 7) is 4.65. The van der Waals surface area contributed by atoms with Gasteiger partial charge in [-0.05, 0) is 37.0 Å². The average molecular weight is 178 g/mol. The lowest BCUT2D eigenvalue weighted by Crippen LogP contribution is -2.37. The van der Waals surface area contributed by atoms with Crippen LogP contribution in [0.3, 0.4) is 0 Å². The van der Waals surface area contributed by atoms with Crippen molar-refractivity contribution in [2.24, 2.45) is 23.2 Å². The molecule has 0 spiro atoms. The van der Waals surface area contributed by atoms with Gasteiger partial charge in [-0.2, -0.15) is 0 Å². The van der Waals surface area contributed by atoms with E-state index in [9.17, 15) is 5.11 Å². The first-order valence-corrected chi connectivity index (χ1v) is 5.51. The van der Waals surface area contributed by atoms with Gasteiger partial charge >= 0.3 is 0 Å². The molecule has 1 N–H and O–H groups in total. The predicted octanol–water partition coefficient (Wildman–Crippen LogP) is 2.36. The van der Waals surface area contributed by atoms with Crippen LogP contribution < -0.4 is 0 Å². The molecule has 0 radical (unpaired) electrons. The van der Waals surface area contributed by atoms with Crippen LogP contribution >= 0.6 is 0 Å². The Bertz CT molecular complexity index is 281. The van der Waals surface area contributed by atoms with Gasteiger partial charge in [0.25, 0.3) is 0 Å². The Kier molecular flexibility index (Phi) is 1.36. The van der Waals surface area contributed by atoms with Crippen LogP contribution in [0.15, 0.2) is 11.6 Å². The molecule has 5 unspecified atom stereocenters. The Morgan fingerprint density at radius 1 is 1.46 bits per heavy atom. The van der Waals surface area contributed by atoms with Crippen LogP contribution in [-0.4, -0.2) is 11.2 Å². The second kappa shape index (κ2) is 2.20. The number of fused-ring (bicyclic) bond motifs is 5. The summed E-state index contributed by atoms with van der Waals surface area (Å²) < 4.78 is 0. The number of aliphatic hydroxyl groups excluding tert-OH is 1. The molecular weight excluding hydrogens is 160 g/mol. The van der Waals surface area contributed by atoms with Crippen LogP contribution in [0.2, 0.25) is 0 Å². The quantitative estimate of drug-likeness (QED) is 0.565. The first-order chi connectivity index (χ1) is 6.13. The molecule has 0 aliphatic heterocycles. The molecule has 0 saturated heterocycles. The van der Waals surface area contributed by atoms with Gasteiger partial charge in [-0.25, -0.2) is 0 Å². The van der Waals surface area contributed by atoms with Crippen LogP contribution in [0.4, 0.5) is 0 Å². The van der Waals surface area contributed by atoms with Gasteiger partial charge in [0.15, 0.2) is 0 Å². The normalized spacial score (nSPS) is 58.2. The average Bonchev–Trinajstić information content (AvgIpc) is 2.63. The molecule has 72 valence electrons. The molecule has 1 heteroatoms. The second-order valence-corrected chi connectivity index (χ2v) is 5.56. The van der Waals surface area contributed by atoms with E-state index in [1.807, 2.05) is 0 Å². The molecule has 13 heavy (non-hydrogen) atoms. The Hall–Kier alpha value is -0.300. The molecule has 2 bridgehead atoms. The van der Waals surface area contributed by atoms with Gasteiger partial charge in [-0.3, -0.25) is 0 Å². The first-order valence-electron chi connectivity index (χ1n) is 5.51. The smallest absolute Gasteiger partial charge is 0.0783 e. The fourth-order valence-electron chi connectivity index (χ4n) is 4.29. The van der Waals surface area contributed by atoms with E-state index in [-0.39, 0.29) is 11.5 Å². The van der Waals surface area contributed by atoms with Crippen molar-refractivity contribution in [3.05, 3.63) is 11.6 Å². The molecule has 2 saturated carbocycles. The molecule has 0 amide bonds. The highest BCUT2D eigenvalue weighted by Crippen LogP contribution is 2.64. The maximum atomic E-state index is 9.97. The number of allylic oxidation sites excluding steroid dienone is 1. The van der Waals surface area contributed by atoms with E-state index in [1.54, 1.807) is 5.57 Å². The largest absolute Gasteiger partial charge is 0.388 e. The van der Waals surface area contributed by atoms with E-state index in [0.717, 1.165) is 17.8 Å². The Morgan fingerprint density at radius 3 is 3.00 bits per heavy atom. The third-order valence-corrected chi connectivity index (χ3v) is 4.85. The van der Waals surface area contributed by atoms with E-state index >= 15 is 0 Å². The SMILES string of the molecule is CC1CCC2C3=CC(O)C(C)(C3)C12. The number of aliphatic hydroxyl groups is 1. The minimum atomic E-state index is -0.149. The monoisotopic (exact) mass is 178 g/mol. The van der Waals surface area contributed by atoms with Gasteiger partial charge in [0.1, 0.15) is 0 Å². The summed E-state index contributed by atoms with van der Waals surface area (Å²) in [5, 5.41) is 9.97. The Morgan fingerprint density at radius 2 is 2.23 bits per heavy atom. The lowest BCUT2D eigenvalue weighted by molar-refractivity contribution is 0.0258. The van der Waals surface area contributed by atoms with Gasteiger partial charge in [-0.1, -0.05) is 25.5 Å². The molecule has 3 aliphatic carbocycles. The van der Waals surface area contributed by atoms with E-state index < -0.39 is 0 Å². The summed E-state index contributed by atoms with van der Waals surface area (Å²) >= 11 is 0. The standard InChI is InChI=1S/C12H18O/c1-7-3-4-9-8-5-10(13)12(2,6-8)11(7)9/h5,7,9-11,13H,3-4,6H2,1-2H3. The van der Waals surface area contributed by atoms with Crippen molar-refractivity contribution in [2.75, 3.05) is 0 Å². The number of hydrogen-bond acceptors (Lipinski definition) is 1. The molecular formula is C12H18O. The van der Waals surface area contributed by atoms with Crippen LogP contribution in [-0.2, 0) is 0 Å². The first kappa shape index (κ1) is 8.05. The maximum absolute atomic E-state index is 9.97. The molecule has 0 aromatic rings. The van der Waals surface area contributed by atoms with E-state index in [1.165, 1.54) is 19.3 Å². The third kappa shape index (κ3) is 0.775. The highest BCUT2D eigenvalue weighted by atomic mass is 16.3. The number of rotatable bonds is 0. The minimum Gasteiger partial charge on any atom is -0.388 e. The second-order valence-electron chi connectivity index (χ2n) is 5.56. The van der Waals surface area contributed by atoms with Crippen LogP contribution in [0.25, 0.3) is 0 Å². The summed E-state index contributed by atoms with van der Waals surface area (Å²) in [5.74, 6) is 2.45. The molecule has 1 nitrogen and oxygen atoms in total. The van der Waals surface area contributed by atoms with Crippen LogP contribution in [0, 0.1) is 23.2 Å². The molecule has 0 aromatic carbocycles. The van der Waals surface area contributed by atoms with Crippen molar-refractivity contribution in [2.45, 2.75) is 39.2 Å². The molecule has 3 aliphatic rings. The van der Waals surface area contributed by atoms with E-state index in [4.69, 9.17) is 0 Å². The Labute approximate surface area is 79.8 Å². The van der Waals surface area contributed by atoms with E-state index in [2.05, 4.69) is 19.9 Å². The van der Waals surface area contributed by atoms with Crippen LogP contribution in [0.1, 0.15) is 33.1 Å². The zero-order valence-electron chi connectivity index (χ0n) is 8.46. The summed E-state index contributed by atoms with van der Waals surface area (Å²) in [6.07, 6.45) is 5.91. The molecule has 2 fully saturated rings. The van der Waals surface area contributed by atoms with Gasteiger partial charge in [0.2, 0.25) is 0 Å². The third-order valence-electron chi connectivity index (χ3n) is 4.85. The Balaban J connectivity index is 2.06. The van der Waals surface area contributed by atoms with Crippen molar-refractivity contribution < 1.29 is 5.11 Å². The van der Waals surface area contributed by atoms with Gasteiger partial charge in [-0.15, -0.1) is 0 Å². The van der Waals surface area contributed by atoms with Crippen molar-refractivity contribution >= 4 is 0 Å². The maximum Gasteiger partial charge on any atom is 0.0783 e. The summed E-state index contributed by atoms with van der Waals surface area (Å²) in [5.41, 5.74) is 1.78. The zero-order chi connectivity index (χ0) is 9.22. The predicted molar refractivity (Wildman–Crippen MR) is 52.2 cm³/mol. The highest BCUT2D eigenvalue weighted by Gasteiger charge is 2.58. The van der Waals surface area contributed by atoms with Crippen molar-refractivity contribution in [1.82, 2.24) is 0 Å². The zero-order valence-corrected chi connectivity index (χ0v) is 8.46. The lowest BCUT2D eigenvalue weighted by Gasteiger charge is -2.37. The van der Waals surface area contributed by atoms with Gasteiger partial charge in [0, 0.05) is 5.41 Å². The van der Waals surface area contributed by atoms with Crippen molar-refractivity contribution in [3.63, 3.8) is 0 Å².